The molecule has 0 saturated carbocycles. The highest BCUT2D eigenvalue weighted by Crippen LogP contribution is 2.29. The molecule has 2 aromatic rings. The maximum absolute atomic E-state index is 12.1. The Bertz CT molecular complexity index is 791. The van der Waals surface area contributed by atoms with E-state index in [0.717, 1.165) is 22.1 Å². The predicted molar refractivity (Wildman–Crippen MR) is 93.6 cm³/mol. The fourth-order valence-electron chi connectivity index (χ4n) is 2.37. The lowest BCUT2D eigenvalue weighted by molar-refractivity contribution is -0.117. The van der Waals surface area contributed by atoms with Crippen molar-refractivity contribution in [2.24, 2.45) is 0 Å². The first-order valence-corrected chi connectivity index (χ1v) is 7.74. The molecule has 0 aliphatic carbocycles. The maximum Gasteiger partial charge on any atom is 0.262 e. The first-order valence-electron chi connectivity index (χ1n) is 7.74. The number of rotatable bonds is 7. The number of hydrogen-bond donors (Lipinski definition) is 1. The number of ether oxygens (including phenoxy) is 2. The SMILES string of the molecule is CCOc1ccc(C=C(C#N)C(=O)NCCOC)c2ccccc12. The van der Waals surface area contributed by atoms with Crippen molar-refractivity contribution in [2.75, 3.05) is 26.9 Å². The zero-order chi connectivity index (χ0) is 17.4. The Balaban J connectivity index is 2.39. The molecule has 0 saturated heterocycles. The standard InChI is InChI=1S/C19H20N2O3/c1-3-24-18-9-8-14(16-6-4-5-7-17(16)18)12-15(13-20)19(22)21-10-11-23-2/h4-9,12H,3,10-11H2,1-2H3,(H,21,22). The van der Waals surface area contributed by atoms with Crippen LogP contribution < -0.4 is 10.1 Å². The van der Waals surface area contributed by atoms with Crippen LogP contribution in [0.2, 0.25) is 0 Å². The van der Waals surface area contributed by atoms with Crippen LogP contribution in [0.1, 0.15) is 12.5 Å². The fourth-order valence-corrected chi connectivity index (χ4v) is 2.37. The van der Waals surface area contributed by atoms with E-state index in [1.165, 1.54) is 0 Å². The third-order valence-corrected chi connectivity index (χ3v) is 3.47. The van der Waals surface area contributed by atoms with Crippen LogP contribution in [0, 0.1) is 11.3 Å². The van der Waals surface area contributed by atoms with E-state index in [9.17, 15) is 10.1 Å². The summed E-state index contributed by atoms with van der Waals surface area (Å²) in [5, 5.41) is 13.8. The first-order chi connectivity index (χ1) is 11.7. The summed E-state index contributed by atoms with van der Waals surface area (Å²) in [5.41, 5.74) is 0.855. The van der Waals surface area contributed by atoms with Crippen molar-refractivity contribution in [2.45, 2.75) is 6.92 Å². The summed E-state index contributed by atoms with van der Waals surface area (Å²) in [6.45, 7) is 3.26. The van der Waals surface area contributed by atoms with Crippen molar-refractivity contribution in [3.63, 3.8) is 0 Å². The molecule has 0 aliphatic heterocycles. The zero-order valence-corrected chi connectivity index (χ0v) is 13.8. The van der Waals surface area contributed by atoms with E-state index in [-0.39, 0.29) is 5.57 Å². The number of methoxy groups -OCH3 is 1. The lowest BCUT2D eigenvalue weighted by Gasteiger charge is -2.10. The molecule has 0 bridgehead atoms. The minimum Gasteiger partial charge on any atom is -0.493 e. The highest BCUT2D eigenvalue weighted by Gasteiger charge is 2.11. The van der Waals surface area contributed by atoms with E-state index in [2.05, 4.69) is 5.32 Å². The third-order valence-electron chi connectivity index (χ3n) is 3.47. The molecular formula is C19H20N2O3. The van der Waals surface area contributed by atoms with Gasteiger partial charge in [0.25, 0.3) is 5.91 Å². The second kappa shape index (κ2) is 8.70. The van der Waals surface area contributed by atoms with Gasteiger partial charge in [-0.2, -0.15) is 5.26 Å². The molecule has 1 amide bonds. The van der Waals surface area contributed by atoms with Gasteiger partial charge < -0.3 is 14.8 Å². The van der Waals surface area contributed by atoms with Gasteiger partial charge in [-0.05, 0) is 30.0 Å². The summed E-state index contributed by atoms with van der Waals surface area (Å²) in [6.07, 6.45) is 1.60. The van der Waals surface area contributed by atoms with Crippen molar-refractivity contribution in [3.05, 3.63) is 47.5 Å². The van der Waals surface area contributed by atoms with Crippen LogP contribution >= 0.6 is 0 Å². The minimum absolute atomic E-state index is 0.0559. The minimum atomic E-state index is -0.410. The molecule has 24 heavy (non-hydrogen) atoms. The summed E-state index contributed by atoms with van der Waals surface area (Å²) in [7, 11) is 1.55. The lowest BCUT2D eigenvalue weighted by atomic mass is 10.0. The predicted octanol–water partition coefficient (Wildman–Crippen LogP) is 2.91. The maximum atomic E-state index is 12.1. The van der Waals surface area contributed by atoms with Gasteiger partial charge in [0.2, 0.25) is 0 Å². The van der Waals surface area contributed by atoms with Crippen LogP contribution in [-0.2, 0) is 9.53 Å². The van der Waals surface area contributed by atoms with Gasteiger partial charge in [-0.1, -0.05) is 30.3 Å². The Morgan fingerprint density at radius 1 is 1.25 bits per heavy atom. The summed E-state index contributed by atoms with van der Waals surface area (Å²) in [5.74, 6) is 0.376. The van der Waals surface area contributed by atoms with Crippen LogP contribution in [-0.4, -0.2) is 32.8 Å². The molecule has 0 heterocycles. The van der Waals surface area contributed by atoms with Gasteiger partial charge in [0.1, 0.15) is 17.4 Å². The smallest absolute Gasteiger partial charge is 0.262 e. The van der Waals surface area contributed by atoms with Crippen molar-refractivity contribution in [1.29, 1.82) is 5.26 Å². The van der Waals surface area contributed by atoms with E-state index >= 15 is 0 Å². The Morgan fingerprint density at radius 2 is 2.00 bits per heavy atom. The average molecular weight is 324 g/mol. The van der Waals surface area contributed by atoms with Gasteiger partial charge in [0.05, 0.1) is 13.2 Å². The number of carbonyl (C=O) groups excluding carboxylic acids is 1. The topological polar surface area (TPSA) is 71.3 Å². The molecule has 2 rings (SSSR count). The highest BCUT2D eigenvalue weighted by molar-refractivity contribution is 6.04. The van der Waals surface area contributed by atoms with Gasteiger partial charge in [-0.3, -0.25) is 4.79 Å². The van der Waals surface area contributed by atoms with Crippen LogP contribution in [0.4, 0.5) is 0 Å². The first kappa shape index (κ1) is 17.5. The van der Waals surface area contributed by atoms with Crippen LogP contribution in [0.5, 0.6) is 5.75 Å². The second-order valence-electron chi connectivity index (χ2n) is 5.05. The number of carbonyl (C=O) groups is 1. The molecule has 0 aliphatic rings. The summed E-state index contributed by atoms with van der Waals surface area (Å²) in [4.78, 5) is 12.1. The number of benzene rings is 2. The molecule has 0 fully saturated rings. The molecule has 5 heteroatoms. The average Bonchev–Trinajstić information content (AvgIpc) is 2.61. The fraction of sp³-hybridized carbons (Fsp3) is 0.263. The number of fused-ring (bicyclic) bond motifs is 1. The molecule has 0 radical (unpaired) electrons. The lowest BCUT2D eigenvalue weighted by Crippen LogP contribution is -2.27. The van der Waals surface area contributed by atoms with E-state index < -0.39 is 5.91 Å². The Morgan fingerprint density at radius 3 is 2.67 bits per heavy atom. The van der Waals surface area contributed by atoms with Crippen LogP contribution in [0.3, 0.4) is 0 Å². The number of nitriles is 1. The quantitative estimate of drug-likeness (QED) is 0.483. The summed E-state index contributed by atoms with van der Waals surface area (Å²) >= 11 is 0. The summed E-state index contributed by atoms with van der Waals surface area (Å²) in [6, 6.07) is 13.4. The van der Waals surface area contributed by atoms with Crippen molar-refractivity contribution >= 4 is 22.8 Å². The molecule has 0 spiro atoms. The molecule has 1 N–H and O–H groups in total. The Labute approximate surface area is 141 Å². The van der Waals surface area contributed by atoms with Gasteiger partial charge in [0.15, 0.2) is 0 Å². The Hall–Kier alpha value is -2.84. The van der Waals surface area contributed by atoms with Gasteiger partial charge in [-0.25, -0.2) is 0 Å². The number of nitrogens with zero attached hydrogens (tertiary/aromatic N) is 1. The molecule has 5 nitrogen and oxygen atoms in total. The van der Waals surface area contributed by atoms with E-state index in [4.69, 9.17) is 9.47 Å². The van der Waals surface area contributed by atoms with E-state index in [0.29, 0.717) is 19.8 Å². The number of nitrogens with one attached hydrogen (secondary N) is 1. The van der Waals surface area contributed by atoms with Gasteiger partial charge in [0, 0.05) is 19.0 Å². The largest absolute Gasteiger partial charge is 0.493 e. The van der Waals surface area contributed by atoms with Crippen LogP contribution in [0.25, 0.3) is 16.8 Å². The van der Waals surface area contributed by atoms with E-state index in [1.54, 1.807) is 13.2 Å². The molecule has 124 valence electrons. The van der Waals surface area contributed by atoms with Crippen molar-refractivity contribution < 1.29 is 14.3 Å². The monoisotopic (exact) mass is 324 g/mol. The van der Waals surface area contributed by atoms with Crippen LogP contribution in [0.15, 0.2) is 42.0 Å². The summed E-state index contributed by atoms with van der Waals surface area (Å²) < 4.78 is 10.5. The number of amides is 1. The normalized spacial score (nSPS) is 11.1. The van der Waals surface area contributed by atoms with Crippen molar-refractivity contribution in [3.8, 4) is 11.8 Å². The van der Waals surface area contributed by atoms with Gasteiger partial charge in [-0.15, -0.1) is 0 Å². The highest BCUT2D eigenvalue weighted by atomic mass is 16.5. The van der Waals surface area contributed by atoms with E-state index in [1.807, 2.05) is 49.4 Å². The third kappa shape index (κ3) is 4.12. The van der Waals surface area contributed by atoms with Gasteiger partial charge >= 0.3 is 0 Å². The molecular weight excluding hydrogens is 304 g/mol. The molecule has 0 atom stereocenters. The number of hydrogen-bond acceptors (Lipinski definition) is 4. The Kier molecular flexibility index (Phi) is 6.35. The second-order valence-corrected chi connectivity index (χ2v) is 5.05. The molecule has 0 aromatic heterocycles. The van der Waals surface area contributed by atoms with Crippen molar-refractivity contribution in [1.82, 2.24) is 5.32 Å². The molecule has 2 aromatic carbocycles. The molecule has 0 unspecified atom stereocenters. The zero-order valence-electron chi connectivity index (χ0n) is 13.8.